The summed E-state index contributed by atoms with van der Waals surface area (Å²) in [5.41, 5.74) is 0.830. The standard InChI is InChI=1S/C14H17ClN4OS/c1-3-8-16-12(20)9-21-14-18-17-13(19(14)2)10-6-4-5-7-11(10)15/h4-7H,3,8-9H2,1-2H3,(H,16,20). The van der Waals surface area contributed by atoms with Gasteiger partial charge in [0, 0.05) is 19.2 Å². The Bertz CT molecular complexity index is 629. The van der Waals surface area contributed by atoms with Crippen molar-refractivity contribution in [3.8, 4) is 11.4 Å². The molecule has 0 aliphatic rings. The molecule has 112 valence electrons. The number of hydrogen-bond acceptors (Lipinski definition) is 4. The van der Waals surface area contributed by atoms with Crippen LogP contribution in [0.4, 0.5) is 0 Å². The van der Waals surface area contributed by atoms with Crippen molar-refractivity contribution in [3.05, 3.63) is 29.3 Å². The highest BCUT2D eigenvalue weighted by atomic mass is 35.5. The summed E-state index contributed by atoms with van der Waals surface area (Å²) in [4.78, 5) is 11.6. The van der Waals surface area contributed by atoms with E-state index < -0.39 is 0 Å². The Morgan fingerprint density at radius 1 is 1.38 bits per heavy atom. The Labute approximate surface area is 133 Å². The molecule has 1 N–H and O–H groups in total. The molecule has 1 aromatic heterocycles. The highest BCUT2D eigenvalue weighted by molar-refractivity contribution is 7.99. The summed E-state index contributed by atoms with van der Waals surface area (Å²) in [6.07, 6.45) is 0.928. The second kappa shape index (κ2) is 7.47. The minimum absolute atomic E-state index is 0.00384. The summed E-state index contributed by atoms with van der Waals surface area (Å²) in [5.74, 6) is 1.02. The Balaban J connectivity index is 2.07. The monoisotopic (exact) mass is 324 g/mol. The highest BCUT2D eigenvalue weighted by Gasteiger charge is 2.14. The van der Waals surface area contributed by atoms with Crippen LogP contribution in [0.5, 0.6) is 0 Å². The Morgan fingerprint density at radius 3 is 2.86 bits per heavy atom. The first-order valence-corrected chi connectivity index (χ1v) is 8.03. The van der Waals surface area contributed by atoms with E-state index >= 15 is 0 Å². The summed E-state index contributed by atoms with van der Waals surface area (Å²) in [6.45, 7) is 2.72. The van der Waals surface area contributed by atoms with Gasteiger partial charge in [0.1, 0.15) is 0 Å². The lowest BCUT2D eigenvalue weighted by molar-refractivity contribution is -0.118. The fourth-order valence-electron chi connectivity index (χ4n) is 1.76. The molecular weight excluding hydrogens is 308 g/mol. The topological polar surface area (TPSA) is 59.8 Å². The number of halogens is 1. The number of nitrogens with zero attached hydrogens (tertiary/aromatic N) is 3. The third-order valence-corrected chi connectivity index (χ3v) is 4.20. The summed E-state index contributed by atoms with van der Waals surface area (Å²) in [7, 11) is 1.87. The molecule has 0 aliphatic carbocycles. The highest BCUT2D eigenvalue weighted by Crippen LogP contribution is 2.28. The fraction of sp³-hybridized carbons (Fsp3) is 0.357. The molecule has 0 saturated carbocycles. The van der Waals surface area contributed by atoms with Crippen LogP contribution in [-0.2, 0) is 11.8 Å². The molecule has 2 rings (SSSR count). The minimum atomic E-state index is 0.00384. The van der Waals surface area contributed by atoms with Crippen molar-refractivity contribution in [1.82, 2.24) is 20.1 Å². The van der Waals surface area contributed by atoms with Crippen LogP contribution in [0.2, 0.25) is 5.02 Å². The van der Waals surface area contributed by atoms with Gasteiger partial charge in [0.25, 0.3) is 0 Å². The van der Waals surface area contributed by atoms with Crippen molar-refractivity contribution in [3.63, 3.8) is 0 Å². The minimum Gasteiger partial charge on any atom is -0.355 e. The van der Waals surface area contributed by atoms with Crippen molar-refractivity contribution >= 4 is 29.3 Å². The van der Waals surface area contributed by atoms with Crippen molar-refractivity contribution in [2.24, 2.45) is 7.05 Å². The molecule has 0 atom stereocenters. The van der Waals surface area contributed by atoms with E-state index in [0.29, 0.717) is 28.3 Å². The van der Waals surface area contributed by atoms with Crippen molar-refractivity contribution < 1.29 is 4.79 Å². The fourth-order valence-corrected chi connectivity index (χ4v) is 2.72. The van der Waals surface area contributed by atoms with E-state index in [4.69, 9.17) is 11.6 Å². The largest absolute Gasteiger partial charge is 0.355 e. The quantitative estimate of drug-likeness (QED) is 0.830. The van der Waals surface area contributed by atoms with Crippen molar-refractivity contribution in [1.29, 1.82) is 0 Å². The average molecular weight is 325 g/mol. The van der Waals surface area contributed by atoms with Crippen LogP contribution >= 0.6 is 23.4 Å². The van der Waals surface area contributed by atoms with Gasteiger partial charge in [-0.05, 0) is 18.6 Å². The van der Waals surface area contributed by atoms with Gasteiger partial charge in [0.05, 0.1) is 10.8 Å². The smallest absolute Gasteiger partial charge is 0.230 e. The molecule has 0 saturated heterocycles. The van der Waals surface area contributed by atoms with Gasteiger partial charge in [-0.1, -0.05) is 42.4 Å². The van der Waals surface area contributed by atoms with Crippen LogP contribution < -0.4 is 5.32 Å². The van der Waals surface area contributed by atoms with E-state index in [1.807, 2.05) is 42.8 Å². The second-order valence-corrected chi connectivity index (χ2v) is 5.83. The van der Waals surface area contributed by atoms with Gasteiger partial charge < -0.3 is 9.88 Å². The lowest BCUT2D eigenvalue weighted by atomic mass is 10.2. The van der Waals surface area contributed by atoms with Crippen LogP contribution in [0.15, 0.2) is 29.4 Å². The molecule has 0 spiro atoms. The summed E-state index contributed by atoms with van der Waals surface area (Å²) in [6, 6.07) is 7.49. The zero-order valence-electron chi connectivity index (χ0n) is 12.0. The van der Waals surface area contributed by atoms with Crippen LogP contribution in [0.25, 0.3) is 11.4 Å². The maximum Gasteiger partial charge on any atom is 0.230 e. The average Bonchev–Trinajstić information content (AvgIpc) is 2.84. The van der Waals surface area contributed by atoms with Gasteiger partial charge >= 0.3 is 0 Å². The molecule has 1 aromatic carbocycles. The molecule has 0 aliphatic heterocycles. The molecule has 1 amide bonds. The summed E-state index contributed by atoms with van der Waals surface area (Å²) >= 11 is 7.53. The van der Waals surface area contributed by atoms with Gasteiger partial charge in [0.15, 0.2) is 11.0 Å². The maximum atomic E-state index is 11.6. The van der Waals surface area contributed by atoms with Gasteiger partial charge in [-0.25, -0.2) is 0 Å². The predicted molar refractivity (Wildman–Crippen MR) is 85.5 cm³/mol. The molecule has 0 bridgehead atoms. The number of benzene rings is 1. The van der Waals surface area contributed by atoms with Gasteiger partial charge in [-0.15, -0.1) is 10.2 Å². The first-order valence-electron chi connectivity index (χ1n) is 6.67. The molecule has 1 heterocycles. The zero-order chi connectivity index (χ0) is 15.2. The van der Waals surface area contributed by atoms with E-state index in [1.54, 1.807) is 0 Å². The summed E-state index contributed by atoms with van der Waals surface area (Å²) in [5, 5.41) is 12.4. The number of thioether (sulfide) groups is 1. The molecular formula is C14H17ClN4OS. The van der Waals surface area contributed by atoms with E-state index in [9.17, 15) is 4.79 Å². The van der Waals surface area contributed by atoms with E-state index in [0.717, 1.165) is 12.0 Å². The van der Waals surface area contributed by atoms with E-state index in [-0.39, 0.29) is 5.91 Å². The number of hydrogen-bond donors (Lipinski definition) is 1. The van der Waals surface area contributed by atoms with E-state index in [1.165, 1.54) is 11.8 Å². The Hall–Kier alpha value is -1.53. The van der Waals surface area contributed by atoms with Gasteiger partial charge in [0.2, 0.25) is 5.91 Å². The molecule has 2 aromatic rings. The van der Waals surface area contributed by atoms with Crippen LogP contribution in [0.3, 0.4) is 0 Å². The van der Waals surface area contributed by atoms with E-state index in [2.05, 4.69) is 15.5 Å². The van der Waals surface area contributed by atoms with Gasteiger partial charge in [-0.2, -0.15) is 0 Å². The third-order valence-electron chi connectivity index (χ3n) is 2.85. The molecule has 0 radical (unpaired) electrons. The maximum absolute atomic E-state index is 11.6. The first kappa shape index (κ1) is 15.9. The lowest BCUT2D eigenvalue weighted by Gasteiger charge is -2.05. The lowest BCUT2D eigenvalue weighted by Crippen LogP contribution is -2.25. The molecule has 0 fully saturated rings. The van der Waals surface area contributed by atoms with Crippen molar-refractivity contribution in [2.75, 3.05) is 12.3 Å². The molecule has 7 heteroatoms. The number of aromatic nitrogens is 3. The number of carbonyl (C=O) groups excluding carboxylic acids is 1. The second-order valence-electron chi connectivity index (χ2n) is 4.48. The normalized spacial score (nSPS) is 10.6. The zero-order valence-corrected chi connectivity index (χ0v) is 13.5. The van der Waals surface area contributed by atoms with Crippen LogP contribution in [0.1, 0.15) is 13.3 Å². The first-order chi connectivity index (χ1) is 10.1. The van der Waals surface area contributed by atoms with Crippen LogP contribution in [0, 0.1) is 0 Å². The van der Waals surface area contributed by atoms with Crippen LogP contribution in [-0.4, -0.2) is 33.0 Å². The number of rotatable bonds is 6. The predicted octanol–water partition coefficient (Wildman–Crippen LogP) is 2.75. The van der Waals surface area contributed by atoms with Crippen molar-refractivity contribution in [2.45, 2.75) is 18.5 Å². The number of amides is 1. The molecule has 21 heavy (non-hydrogen) atoms. The molecule has 0 unspecified atom stereocenters. The Morgan fingerprint density at radius 2 is 2.14 bits per heavy atom. The third kappa shape index (κ3) is 3.98. The number of carbonyl (C=O) groups is 1. The molecule has 5 nitrogen and oxygen atoms in total. The summed E-state index contributed by atoms with van der Waals surface area (Å²) < 4.78 is 1.85. The SMILES string of the molecule is CCCNC(=O)CSc1nnc(-c2ccccc2Cl)n1C. The van der Waals surface area contributed by atoms with Gasteiger partial charge in [-0.3, -0.25) is 4.79 Å². The number of nitrogens with one attached hydrogen (secondary N) is 1. The Kier molecular flexibility index (Phi) is 5.64.